The first-order valence-electron chi connectivity index (χ1n) is 3.61. The van der Waals surface area contributed by atoms with Crippen LogP contribution < -0.4 is 22.1 Å². The fourth-order valence-electron chi connectivity index (χ4n) is 0.346. The highest BCUT2D eigenvalue weighted by molar-refractivity contribution is 7.80. The summed E-state index contributed by atoms with van der Waals surface area (Å²) in [5, 5.41) is 5.20. The largest absolute Gasteiger partial charge is 0.376 e. The molecule has 80 valence electrons. The Morgan fingerprint density at radius 1 is 1.43 bits per heavy atom. The fraction of sp³-hybridized carbons (Fsp3) is 0.286. The van der Waals surface area contributed by atoms with E-state index >= 15 is 0 Å². The van der Waals surface area contributed by atoms with Crippen LogP contribution in [0.15, 0.2) is 12.7 Å². The Balaban J connectivity index is 0. The molecule has 14 heavy (non-hydrogen) atoms. The minimum Gasteiger partial charge on any atom is -0.376 e. The average Bonchev–Trinajstić information content (AvgIpc) is 1.99. The molecule has 0 saturated heterocycles. The molecule has 0 aromatic heterocycles. The summed E-state index contributed by atoms with van der Waals surface area (Å²) in [4.78, 5) is 9.98. The fourth-order valence-corrected chi connectivity index (χ4v) is 0.573. The zero-order chi connectivity index (χ0) is 11.6. The van der Waals surface area contributed by atoms with Gasteiger partial charge >= 0.3 is 0 Å². The van der Waals surface area contributed by atoms with E-state index in [0.29, 0.717) is 11.7 Å². The van der Waals surface area contributed by atoms with Crippen LogP contribution in [0.3, 0.4) is 0 Å². The zero-order valence-corrected chi connectivity index (χ0v) is 9.50. The maximum atomic E-state index is 9.98. The van der Waals surface area contributed by atoms with E-state index in [4.69, 9.17) is 11.5 Å². The highest BCUT2D eigenvalue weighted by Gasteiger charge is 1.87. The Bertz CT molecular complexity index is 218. The van der Waals surface area contributed by atoms with Gasteiger partial charge in [-0.3, -0.25) is 4.79 Å². The first-order valence-corrected chi connectivity index (χ1v) is 4.43. The van der Waals surface area contributed by atoms with E-state index in [2.05, 4.69) is 41.6 Å². The number of rotatable bonds is 2. The molecule has 0 aromatic carbocycles. The molecule has 6 N–H and O–H groups in total. The Hall–Kier alpha value is -1.21. The first kappa shape index (κ1) is 15.3. The van der Waals surface area contributed by atoms with Crippen molar-refractivity contribution < 1.29 is 4.79 Å². The molecule has 0 radical (unpaired) electrons. The molecule has 0 bridgehead atoms. The molecule has 0 rings (SSSR count). The number of hydrogen-bond acceptors (Lipinski definition) is 3. The molecule has 7 heteroatoms. The van der Waals surface area contributed by atoms with Gasteiger partial charge in [-0.1, -0.05) is 6.08 Å². The standard InChI is InChI=1S/C4H8N2S.C3H6N2OS/c1-2-3-6-4(5)7;1-2(6)5-3(4)7/h2H,1,3H2,(H3,5,6,7);1H3,(H3,4,5,6,7). The zero-order valence-electron chi connectivity index (χ0n) is 7.87. The summed E-state index contributed by atoms with van der Waals surface area (Å²) in [7, 11) is 0. The Labute approximate surface area is 93.9 Å². The van der Waals surface area contributed by atoms with Gasteiger partial charge in [0.2, 0.25) is 5.91 Å². The summed E-state index contributed by atoms with van der Waals surface area (Å²) >= 11 is 8.80. The van der Waals surface area contributed by atoms with Gasteiger partial charge in [-0.15, -0.1) is 6.58 Å². The smallest absolute Gasteiger partial charge is 0.222 e. The second-order valence-electron chi connectivity index (χ2n) is 2.08. The number of thiocarbonyl (C=S) groups is 2. The number of nitrogens with two attached hydrogens (primary N) is 2. The van der Waals surface area contributed by atoms with Crippen LogP contribution in [0.1, 0.15) is 6.92 Å². The normalized spacial score (nSPS) is 7.50. The van der Waals surface area contributed by atoms with Gasteiger partial charge in [0, 0.05) is 13.5 Å². The van der Waals surface area contributed by atoms with Gasteiger partial charge in [0.25, 0.3) is 0 Å². The summed E-state index contributed by atoms with van der Waals surface area (Å²) in [6.45, 7) is 5.45. The molecule has 0 aromatic rings. The molecule has 0 aliphatic carbocycles. The van der Waals surface area contributed by atoms with Crippen LogP contribution in [0.4, 0.5) is 0 Å². The lowest BCUT2D eigenvalue weighted by molar-refractivity contribution is -0.117. The number of hydrogen-bond donors (Lipinski definition) is 4. The quantitative estimate of drug-likeness (QED) is 0.375. The molecule has 0 heterocycles. The van der Waals surface area contributed by atoms with Gasteiger partial charge in [-0.2, -0.15) is 0 Å². The monoisotopic (exact) mass is 234 g/mol. The van der Waals surface area contributed by atoms with Gasteiger partial charge in [0.15, 0.2) is 10.2 Å². The van der Waals surface area contributed by atoms with Crippen molar-refractivity contribution in [3.05, 3.63) is 12.7 Å². The third-order valence-electron chi connectivity index (χ3n) is 0.720. The predicted molar refractivity (Wildman–Crippen MR) is 65.6 cm³/mol. The van der Waals surface area contributed by atoms with Crippen LogP contribution in [0.25, 0.3) is 0 Å². The second-order valence-corrected chi connectivity index (χ2v) is 2.96. The van der Waals surface area contributed by atoms with E-state index in [-0.39, 0.29) is 11.0 Å². The molecule has 0 spiro atoms. The number of nitrogens with one attached hydrogen (secondary N) is 2. The van der Waals surface area contributed by atoms with Crippen LogP contribution in [0.5, 0.6) is 0 Å². The van der Waals surface area contributed by atoms with Crippen molar-refractivity contribution >= 4 is 40.6 Å². The predicted octanol–water partition coefficient (Wildman–Crippen LogP) is -0.628. The van der Waals surface area contributed by atoms with E-state index in [1.165, 1.54) is 6.92 Å². The molecule has 0 aliphatic rings. The van der Waals surface area contributed by atoms with Crippen LogP contribution in [-0.2, 0) is 4.79 Å². The van der Waals surface area contributed by atoms with E-state index in [0.717, 1.165) is 0 Å². The Morgan fingerprint density at radius 2 is 1.93 bits per heavy atom. The van der Waals surface area contributed by atoms with Crippen molar-refractivity contribution in [2.45, 2.75) is 6.92 Å². The van der Waals surface area contributed by atoms with Crippen molar-refractivity contribution in [1.82, 2.24) is 10.6 Å². The Kier molecular flexibility index (Phi) is 10.8. The second kappa shape index (κ2) is 9.87. The van der Waals surface area contributed by atoms with E-state index in [1.807, 2.05) is 0 Å². The lowest BCUT2D eigenvalue weighted by Crippen LogP contribution is -2.32. The van der Waals surface area contributed by atoms with Crippen LogP contribution in [0.2, 0.25) is 0 Å². The van der Waals surface area contributed by atoms with Crippen LogP contribution in [0, 0.1) is 0 Å². The minimum atomic E-state index is -0.229. The van der Waals surface area contributed by atoms with Crippen molar-refractivity contribution in [2.75, 3.05) is 6.54 Å². The molecular formula is C7H14N4OS2. The summed E-state index contributed by atoms with van der Waals surface area (Å²) in [6, 6.07) is 0. The lowest BCUT2D eigenvalue weighted by atomic mass is 10.6. The third-order valence-corrected chi connectivity index (χ3v) is 0.966. The molecule has 0 unspecified atom stereocenters. The van der Waals surface area contributed by atoms with E-state index in [9.17, 15) is 4.79 Å². The van der Waals surface area contributed by atoms with Crippen molar-refractivity contribution in [3.8, 4) is 0 Å². The number of carbonyl (C=O) groups is 1. The highest BCUT2D eigenvalue weighted by atomic mass is 32.1. The molecule has 0 atom stereocenters. The SMILES string of the molecule is C=CCNC(N)=S.CC(=O)NC(N)=S. The summed E-state index contributed by atoms with van der Waals surface area (Å²) in [6.07, 6.45) is 1.69. The van der Waals surface area contributed by atoms with Gasteiger partial charge in [0.1, 0.15) is 0 Å². The highest BCUT2D eigenvalue weighted by Crippen LogP contribution is 1.58. The van der Waals surface area contributed by atoms with Gasteiger partial charge in [-0.25, -0.2) is 0 Å². The lowest BCUT2D eigenvalue weighted by Gasteiger charge is -1.94. The first-order chi connectivity index (χ1) is 6.40. The van der Waals surface area contributed by atoms with Crippen molar-refractivity contribution in [3.63, 3.8) is 0 Å². The minimum absolute atomic E-state index is 0.0208. The van der Waals surface area contributed by atoms with Gasteiger partial charge in [0.05, 0.1) is 0 Å². The summed E-state index contributed by atoms with van der Waals surface area (Å²) in [5.41, 5.74) is 9.94. The van der Waals surface area contributed by atoms with Gasteiger partial charge in [-0.05, 0) is 24.4 Å². The van der Waals surface area contributed by atoms with Gasteiger partial charge < -0.3 is 22.1 Å². The molecule has 0 aliphatic heterocycles. The number of carbonyl (C=O) groups excluding carboxylic acids is 1. The topological polar surface area (TPSA) is 93.2 Å². The van der Waals surface area contributed by atoms with Crippen LogP contribution >= 0.6 is 24.4 Å². The average molecular weight is 234 g/mol. The van der Waals surface area contributed by atoms with Crippen molar-refractivity contribution in [2.24, 2.45) is 11.5 Å². The maximum Gasteiger partial charge on any atom is 0.222 e. The molecule has 5 nitrogen and oxygen atoms in total. The molecule has 0 fully saturated rings. The number of amides is 1. The Morgan fingerprint density at radius 3 is 2.00 bits per heavy atom. The van der Waals surface area contributed by atoms with Crippen LogP contribution in [-0.4, -0.2) is 22.7 Å². The summed E-state index contributed by atoms with van der Waals surface area (Å²) in [5.74, 6) is -0.229. The maximum absolute atomic E-state index is 9.98. The van der Waals surface area contributed by atoms with Crippen molar-refractivity contribution in [1.29, 1.82) is 0 Å². The molecule has 0 saturated carbocycles. The third kappa shape index (κ3) is 22.4. The molecular weight excluding hydrogens is 220 g/mol. The molecule has 1 amide bonds. The van der Waals surface area contributed by atoms with E-state index in [1.54, 1.807) is 6.08 Å². The van der Waals surface area contributed by atoms with E-state index < -0.39 is 0 Å². The summed E-state index contributed by atoms with van der Waals surface area (Å²) < 4.78 is 0.